The lowest BCUT2D eigenvalue weighted by Gasteiger charge is -2.17. The van der Waals surface area contributed by atoms with Crippen LogP contribution in [0.1, 0.15) is 20.8 Å². The molecule has 0 radical (unpaired) electrons. The van der Waals surface area contributed by atoms with E-state index in [1.165, 1.54) is 20.8 Å². The average molecular weight is 547 g/mol. The van der Waals surface area contributed by atoms with Gasteiger partial charge in [-0.1, -0.05) is 0 Å². The number of carbonyl (C=O) groups is 8. The zero-order valence-electron chi connectivity index (χ0n) is 21.1. The predicted octanol–water partition coefficient (Wildman–Crippen LogP) is -6.63. The number of nitrogens with one attached hydrogen (secondary N) is 7. The smallest absolute Gasteiger partial charge is 0.328 e. The minimum absolute atomic E-state index is 0.309. The molecule has 7 amide bonds. The summed E-state index contributed by atoms with van der Waals surface area (Å²) in [7, 11) is 0. The summed E-state index contributed by atoms with van der Waals surface area (Å²) in [5.74, 6) is -6.56. The molecule has 0 aromatic rings. The van der Waals surface area contributed by atoms with Crippen molar-refractivity contribution in [1.29, 1.82) is 0 Å². The van der Waals surface area contributed by atoms with Crippen molar-refractivity contribution in [3.8, 4) is 0 Å². The van der Waals surface area contributed by atoms with Crippen LogP contribution in [-0.4, -0.2) is 114 Å². The quantitative estimate of drug-likeness (QED) is 0.0868. The number of hydrogen-bond donors (Lipinski definition) is 10. The lowest BCUT2D eigenvalue weighted by atomic mass is 10.2. The van der Waals surface area contributed by atoms with E-state index in [0.717, 1.165) is 0 Å². The zero-order valence-corrected chi connectivity index (χ0v) is 21.1. The van der Waals surface area contributed by atoms with E-state index in [0.29, 0.717) is 0 Å². The molecule has 0 saturated heterocycles. The highest BCUT2D eigenvalue weighted by atomic mass is 16.4. The van der Waals surface area contributed by atoms with E-state index in [4.69, 9.17) is 15.9 Å². The third-order valence-corrected chi connectivity index (χ3v) is 4.58. The van der Waals surface area contributed by atoms with E-state index in [2.05, 4.69) is 31.9 Å². The Morgan fingerprint density at radius 1 is 0.605 bits per heavy atom. The average Bonchev–Trinajstić information content (AvgIpc) is 2.86. The maximum absolute atomic E-state index is 12.1. The van der Waals surface area contributed by atoms with E-state index in [-0.39, 0.29) is 6.54 Å². The summed E-state index contributed by atoms with van der Waals surface area (Å²) in [6.07, 6.45) is 0. The number of hydrogen-bond acceptors (Lipinski definition) is 10. The largest absolute Gasteiger partial charge is 0.480 e. The highest BCUT2D eigenvalue weighted by Crippen LogP contribution is 1.87. The van der Waals surface area contributed by atoms with Gasteiger partial charge in [-0.3, -0.25) is 33.6 Å². The van der Waals surface area contributed by atoms with Crippen LogP contribution in [0.4, 0.5) is 0 Å². The standard InChI is InChI=1S/C20H34N8O10/c1-9(25-13(30)4-21)17(34)22-5-14(31)26-10(2)18(35)23-6-15(32)27-11(3)19(36)24-7-16(33)28-12(8-29)20(37)38/h9-12,29H,4-8,21H2,1-3H3,(H,22,34)(H,23,35)(H,24,36)(H,25,30)(H,26,31)(H,27,32)(H,28,33)(H,37,38)/t9-,10-,11-,12-/m0/s1. The maximum atomic E-state index is 12.1. The van der Waals surface area contributed by atoms with Gasteiger partial charge in [0.2, 0.25) is 41.4 Å². The molecule has 214 valence electrons. The van der Waals surface area contributed by atoms with E-state index >= 15 is 0 Å². The normalized spacial score (nSPS) is 13.4. The van der Waals surface area contributed by atoms with Crippen LogP contribution >= 0.6 is 0 Å². The van der Waals surface area contributed by atoms with Gasteiger partial charge < -0.3 is 53.2 Å². The summed E-state index contributed by atoms with van der Waals surface area (Å²) < 4.78 is 0. The molecular formula is C20H34N8O10. The molecule has 18 nitrogen and oxygen atoms in total. The second-order valence-corrected chi connectivity index (χ2v) is 7.87. The summed E-state index contributed by atoms with van der Waals surface area (Å²) in [4.78, 5) is 93.4. The van der Waals surface area contributed by atoms with E-state index in [9.17, 15) is 38.4 Å². The van der Waals surface area contributed by atoms with Crippen molar-refractivity contribution in [1.82, 2.24) is 37.2 Å². The van der Waals surface area contributed by atoms with Crippen LogP contribution < -0.4 is 43.0 Å². The van der Waals surface area contributed by atoms with Crippen molar-refractivity contribution in [2.24, 2.45) is 5.73 Å². The Morgan fingerprint density at radius 3 is 1.21 bits per heavy atom. The number of carbonyl (C=O) groups excluding carboxylic acids is 7. The van der Waals surface area contributed by atoms with E-state index in [1.807, 2.05) is 5.32 Å². The Bertz CT molecular complexity index is 912. The van der Waals surface area contributed by atoms with Crippen LogP contribution in [0.25, 0.3) is 0 Å². The molecule has 38 heavy (non-hydrogen) atoms. The molecule has 11 N–H and O–H groups in total. The number of aliphatic carboxylic acids is 1. The van der Waals surface area contributed by atoms with Crippen LogP contribution in [0.5, 0.6) is 0 Å². The highest BCUT2D eigenvalue weighted by Gasteiger charge is 2.22. The lowest BCUT2D eigenvalue weighted by Crippen LogP contribution is -2.53. The number of carboxylic acid groups (broad SMARTS) is 1. The van der Waals surface area contributed by atoms with Crippen molar-refractivity contribution < 1.29 is 48.6 Å². The number of rotatable bonds is 16. The van der Waals surface area contributed by atoms with E-state index < -0.39 is 97.7 Å². The molecule has 0 saturated carbocycles. The Balaban J connectivity index is 4.37. The Morgan fingerprint density at radius 2 is 0.921 bits per heavy atom. The molecule has 0 unspecified atom stereocenters. The molecule has 0 aliphatic heterocycles. The summed E-state index contributed by atoms with van der Waals surface area (Å²) in [6.45, 7) is 1.20. The Labute approximate surface area is 217 Å². The van der Waals surface area contributed by atoms with Crippen molar-refractivity contribution in [2.75, 3.05) is 32.8 Å². The fourth-order valence-electron chi connectivity index (χ4n) is 2.47. The second kappa shape index (κ2) is 17.2. The zero-order chi connectivity index (χ0) is 29.4. The fourth-order valence-corrected chi connectivity index (χ4v) is 2.47. The van der Waals surface area contributed by atoms with Gasteiger partial charge in [0.25, 0.3) is 0 Å². The van der Waals surface area contributed by atoms with Crippen molar-refractivity contribution in [2.45, 2.75) is 44.9 Å². The first-order valence-electron chi connectivity index (χ1n) is 11.3. The van der Waals surface area contributed by atoms with Gasteiger partial charge in [0.05, 0.1) is 32.8 Å². The summed E-state index contributed by atoms with van der Waals surface area (Å²) >= 11 is 0. The number of nitrogens with two attached hydrogens (primary N) is 1. The molecule has 4 atom stereocenters. The molecule has 0 heterocycles. The summed E-state index contributed by atoms with van der Waals surface area (Å²) in [5.41, 5.74) is 5.13. The molecule has 0 spiro atoms. The topological polar surface area (TPSA) is 287 Å². The van der Waals surface area contributed by atoms with Gasteiger partial charge in [-0.15, -0.1) is 0 Å². The minimum atomic E-state index is -1.54. The summed E-state index contributed by atoms with van der Waals surface area (Å²) in [5, 5.41) is 33.1. The Kier molecular flexibility index (Phi) is 15.2. The molecule has 0 bridgehead atoms. The van der Waals surface area contributed by atoms with Crippen LogP contribution in [0, 0.1) is 0 Å². The van der Waals surface area contributed by atoms with Crippen molar-refractivity contribution in [3.05, 3.63) is 0 Å². The van der Waals surface area contributed by atoms with Crippen molar-refractivity contribution in [3.63, 3.8) is 0 Å². The van der Waals surface area contributed by atoms with Gasteiger partial charge >= 0.3 is 5.97 Å². The van der Waals surface area contributed by atoms with Gasteiger partial charge in [0.15, 0.2) is 0 Å². The molecule has 0 fully saturated rings. The fraction of sp³-hybridized carbons (Fsp3) is 0.600. The monoisotopic (exact) mass is 546 g/mol. The minimum Gasteiger partial charge on any atom is -0.480 e. The molecule has 0 aliphatic rings. The van der Waals surface area contributed by atoms with Gasteiger partial charge in [-0.2, -0.15) is 0 Å². The van der Waals surface area contributed by atoms with Gasteiger partial charge in [-0.25, -0.2) is 4.79 Å². The third kappa shape index (κ3) is 13.7. The van der Waals surface area contributed by atoms with Gasteiger partial charge in [-0.05, 0) is 20.8 Å². The second-order valence-electron chi connectivity index (χ2n) is 7.87. The van der Waals surface area contributed by atoms with Crippen LogP contribution in [-0.2, 0) is 38.4 Å². The van der Waals surface area contributed by atoms with Crippen molar-refractivity contribution >= 4 is 47.3 Å². The Hall–Kier alpha value is -4.32. The number of aliphatic hydroxyl groups is 1. The summed E-state index contributed by atoms with van der Waals surface area (Å²) in [6, 6.07) is -4.69. The number of aliphatic hydroxyl groups excluding tert-OH is 1. The van der Waals surface area contributed by atoms with Crippen LogP contribution in [0.2, 0.25) is 0 Å². The van der Waals surface area contributed by atoms with Crippen LogP contribution in [0.15, 0.2) is 0 Å². The molecular weight excluding hydrogens is 512 g/mol. The molecule has 0 aromatic carbocycles. The van der Waals surface area contributed by atoms with Gasteiger partial charge in [0, 0.05) is 0 Å². The molecule has 0 rings (SSSR count). The third-order valence-electron chi connectivity index (χ3n) is 4.58. The first-order chi connectivity index (χ1) is 17.7. The SMILES string of the molecule is C[C@H](NC(=O)CN)C(=O)NCC(=O)N[C@@H](C)C(=O)NCC(=O)N[C@@H](C)C(=O)NCC(=O)N[C@@H](CO)C(=O)O. The molecule has 18 heteroatoms. The maximum Gasteiger partial charge on any atom is 0.328 e. The van der Waals surface area contributed by atoms with E-state index in [1.54, 1.807) is 0 Å². The number of amides is 7. The molecule has 0 aliphatic carbocycles. The highest BCUT2D eigenvalue weighted by molar-refractivity contribution is 5.94. The van der Waals surface area contributed by atoms with Crippen LogP contribution in [0.3, 0.4) is 0 Å². The number of carboxylic acids is 1. The van der Waals surface area contributed by atoms with Gasteiger partial charge in [0.1, 0.15) is 24.2 Å². The first-order valence-corrected chi connectivity index (χ1v) is 11.3. The molecule has 0 aromatic heterocycles. The predicted molar refractivity (Wildman–Crippen MR) is 128 cm³/mol. The first kappa shape index (κ1) is 33.7. The lowest BCUT2D eigenvalue weighted by molar-refractivity contribution is -0.142.